The number of rotatable bonds is 5. The van der Waals surface area contributed by atoms with Crippen LogP contribution in [0.1, 0.15) is 21.6 Å². The topological polar surface area (TPSA) is 66.9 Å². The Bertz CT molecular complexity index is 898. The van der Waals surface area contributed by atoms with Crippen LogP contribution in [0.4, 0.5) is 11.5 Å². The van der Waals surface area contributed by atoms with Crippen molar-refractivity contribution in [1.29, 1.82) is 0 Å². The summed E-state index contributed by atoms with van der Waals surface area (Å²) in [6, 6.07) is 17.3. The number of aromatic nitrogens is 2. The number of nitrogens with one attached hydrogen (secondary N) is 2. The average molecular weight is 397 g/mol. The number of halogens is 1. The summed E-state index contributed by atoms with van der Waals surface area (Å²) >= 11 is 3.47. The third-order valence-electron chi connectivity index (χ3n) is 3.57. The highest BCUT2D eigenvalue weighted by atomic mass is 79.9. The zero-order chi connectivity index (χ0) is 17.6. The van der Waals surface area contributed by atoms with Gasteiger partial charge >= 0.3 is 0 Å². The van der Waals surface area contributed by atoms with Gasteiger partial charge in [-0.05, 0) is 40.5 Å². The predicted octanol–water partition coefficient (Wildman–Crippen LogP) is 4.22. The van der Waals surface area contributed by atoms with Crippen molar-refractivity contribution in [3.8, 4) is 0 Å². The summed E-state index contributed by atoms with van der Waals surface area (Å²) in [4.78, 5) is 20.6. The van der Waals surface area contributed by atoms with Crippen LogP contribution in [0.5, 0.6) is 0 Å². The van der Waals surface area contributed by atoms with E-state index < -0.39 is 0 Å². The van der Waals surface area contributed by atoms with E-state index in [1.165, 1.54) is 6.33 Å². The van der Waals surface area contributed by atoms with E-state index in [-0.39, 0.29) is 5.91 Å². The number of carbonyl (C=O) groups excluding carboxylic acids is 1. The fourth-order valence-electron chi connectivity index (χ4n) is 2.35. The second-order valence-electron chi connectivity index (χ2n) is 5.57. The Hall–Kier alpha value is -2.73. The molecule has 3 rings (SSSR count). The second kappa shape index (κ2) is 7.90. The molecule has 0 spiro atoms. The SMILES string of the molecule is Cc1cccc(CNC(=O)c2cc(Nc3ccccc3Br)ncn2)c1. The van der Waals surface area contributed by atoms with E-state index in [2.05, 4.69) is 36.5 Å². The van der Waals surface area contributed by atoms with E-state index in [0.717, 1.165) is 21.3 Å². The molecule has 126 valence electrons. The first kappa shape index (κ1) is 17.1. The van der Waals surface area contributed by atoms with E-state index in [1.807, 2.05) is 55.5 Å². The van der Waals surface area contributed by atoms with Gasteiger partial charge in [0.25, 0.3) is 5.91 Å². The van der Waals surface area contributed by atoms with Crippen molar-refractivity contribution in [2.24, 2.45) is 0 Å². The van der Waals surface area contributed by atoms with Gasteiger partial charge < -0.3 is 10.6 Å². The number of carbonyl (C=O) groups is 1. The van der Waals surface area contributed by atoms with Gasteiger partial charge in [-0.15, -0.1) is 0 Å². The summed E-state index contributed by atoms with van der Waals surface area (Å²) in [5.41, 5.74) is 3.40. The highest BCUT2D eigenvalue weighted by molar-refractivity contribution is 9.10. The van der Waals surface area contributed by atoms with Crippen LogP contribution in [-0.4, -0.2) is 15.9 Å². The molecule has 0 unspecified atom stereocenters. The van der Waals surface area contributed by atoms with Gasteiger partial charge in [-0.3, -0.25) is 4.79 Å². The summed E-state index contributed by atoms with van der Waals surface area (Å²) in [5.74, 6) is 0.321. The lowest BCUT2D eigenvalue weighted by molar-refractivity contribution is 0.0946. The molecule has 2 N–H and O–H groups in total. The smallest absolute Gasteiger partial charge is 0.270 e. The molecule has 3 aromatic rings. The van der Waals surface area contributed by atoms with Gasteiger partial charge in [-0.1, -0.05) is 42.0 Å². The second-order valence-corrected chi connectivity index (χ2v) is 6.42. The maximum atomic E-state index is 12.3. The van der Waals surface area contributed by atoms with Gasteiger partial charge in [0.2, 0.25) is 0 Å². The number of benzene rings is 2. The number of hydrogen-bond acceptors (Lipinski definition) is 4. The van der Waals surface area contributed by atoms with Crippen LogP contribution >= 0.6 is 15.9 Å². The summed E-state index contributed by atoms with van der Waals surface area (Å²) in [7, 11) is 0. The van der Waals surface area contributed by atoms with Crippen molar-refractivity contribution in [1.82, 2.24) is 15.3 Å². The molecule has 0 saturated heterocycles. The van der Waals surface area contributed by atoms with E-state index in [9.17, 15) is 4.79 Å². The van der Waals surface area contributed by atoms with Crippen LogP contribution in [-0.2, 0) is 6.54 Å². The zero-order valence-electron chi connectivity index (χ0n) is 13.7. The van der Waals surface area contributed by atoms with Gasteiger partial charge in [0.05, 0.1) is 5.69 Å². The number of anilines is 2. The summed E-state index contributed by atoms with van der Waals surface area (Å²) in [6.45, 7) is 2.48. The van der Waals surface area contributed by atoms with Gasteiger partial charge in [-0.25, -0.2) is 9.97 Å². The minimum Gasteiger partial charge on any atom is -0.347 e. The molecule has 0 radical (unpaired) electrons. The molecule has 0 aliphatic heterocycles. The maximum absolute atomic E-state index is 12.3. The molecule has 2 aromatic carbocycles. The van der Waals surface area contributed by atoms with Crippen molar-refractivity contribution >= 4 is 33.3 Å². The van der Waals surface area contributed by atoms with Crippen LogP contribution in [0.2, 0.25) is 0 Å². The minimum absolute atomic E-state index is 0.237. The van der Waals surface area contributed by atoms with E-state index >= 15 is 0 Å². The molecule has 1 amide bonds. The van der Waals surface area contributed by atoms with Gasteiger partial charge in [0.1, 0.15) is 17.8 Å². The van der Waals surface area contributed by atoms with E-state index in [0.29, 0.717) is 18.1 Å². The Kier molecular flexibility index (Phi) is 5.40. The molecule has 0 aliphatic rings. The normalized spacial score (nSPS) is 10.3. The maximum Gasteiger partial charge on any atom is 0.270 e. The molecule has 6 heteroatoms. The van der Waals surface area contributed by atoms with Crippen molar-refractivity contribution < 1.29 is 4.79 Å². The molecule has 1 aromatic heterocycles. The summed E-state index contributed by atoms with van der Waals surface area (Å²) in [6.07, 6.45) is 1.38. The number of hydrogen-bond donors (Lipinski definition) is 2. The van der Waals surface area contributed by atoms with Crippen LogP contribution in [0.25, 0.3) is 0 Å². The van der Waals surface area contributed by atoms with Crippen molar-refractivity contribution in [3.63, 3.8) is 0 Å². The molecular weight excluding hydrogens is 380 g/mol. The lowest BCUT2D eigenvalue weighted by atomic mass is 10.1. The Morgan fingerprint density at radius 1 is 1.08 bits per heavy atom. The number of aryl methyl sites for hydroxylation is 1. The Morgan fingerprint density at radius 3 is 2.72 bits per heavy atom. The third kappa shape index (κ3) is 4.64. The zero-order valence-corrected chi connectivity index (χ0v) is 15.2. The Morgan fingerprint density at radius 2 is 1.92 bits per heavy atom. The standard InChI is InChI=1S/C19H17BrN4O/c1-13-5-4-6-14(9-13)11-21-19(25)17-10-18(23-12-22-17)24-16-8-3-2-7-15(16)20/h2-10,12H,11H2,1H3,(H,21,25)(H,22,23,24). The summed E-state index contributed by atoms with van der Waals surface area (Å²) in [5, 5.41) is 6.05. The first-order valence-corrected chi connectivity index (χ1v) is 8.58. The van der Waals surface area contributed by atoms with Crippen molar-refractivity contribution in [3.05, 3.63) is 82.2 Å². The van der Waals surface area contributed by atoms with Gasteiger partial charge in [-0.2, -0.15) is 0 Å². The Balaban J connectivity index is 1.68. The van der Waals surface area contributed by atoms with Gasteiger partial charge in [0.15, 0.2) is 0 Å². The molecule has 0 saturated carbocycles. The minimum atomic E-state index is -0.237. The monoisotopic (exact) mass is 396 g/mol. The van der Waals surface area contributed by atoms with Crippen molar-refractivity contribution in [2.75, 3.05) is 5.32 Å². The van der Waals surface area contributed by atoms with Gasteiger partial charge in [0, 0.05) is 17.1 Å². The fourth-order valence-corrected chi connectivity index (χ4v) is 2.73. The highest BCUT2D eigenvalue weighted by Crippen LogP contribution is 2.24. The number of nitrogens with zero attached hydrogens (tertiary/aromatic N) is 2. The first-order valence-electron chi connectivity index (χ1n) is 7.79. The fraction of sp³-hybridized carbons (Fsp3) is 0.105. The van der Waals surface area contributed by atoms with Crippen LogP contribution < -0.4 is 10.6 Å². The van der Waals surface area contributed by atoms with Crippen LogP contribution in [0, 0.1) is 6.92 Å². The van der Waals surface area contributed by atoms with Crippen LogP contribution in [0.3, 0.4) is 0 Å². The quantitative estimate of drug-likeness (QED) is 0.677. The molecular formula is C19H17BrN4O. The molecule has 1 heterocycles. The lowest BCUT2D eigenvalue weighted by Gasteiger charge is -2.09. The number of para-hydroxylation sites is 1. The number of amides is 1. The van der Waals surface area contributed by atoms with Crippen molar-refractivity contribution in [2.45, 2.75) is 13.5 Å². The van der Waals surface area contributed by atoms with E-state index in [1.54, 1.807) is 6.07 Å². The molecule has 0 fully saturated rings. The largest absolute Gasteiger partial charge is 0.347 e. The molecule has 5 nitrogen and oxygen atoms in total. The average Bonchev–Trinajstić information content (AvgIpc) is 2.62. The van der Waals surface area contributed by atoms with Crippen LogP contribution in [0.15, 0.2) is 65.4 Å². The molecule has 0 aliphatic carbocycles. The first-order chi connectivity index (χ1) is 12.1. The lowest BCUT2D eigenvalue weighted by Crippen LogP contribution is -2.24. The molecule has 0 atom stereocenters. The Labute approximate surface area is 154 Å². The summed E-state index contributed by atoms with van der Waals surface area (Å²) < 4.78 is 0.916. The predicted molar refractivity (Wildman–Crippen MR) is 102 cm³/mol. The molecule has 0 bridgehead atoms. The van der Waals surface area contributed by atoms with E-state index in [4.69, 9.17) is 0 Å². The molecule has 25 heavy (non-hydrogen) atoms. The highest BCUT2D eigenvalue weighted by Gasteiger charge is 2.09. The third-order valence-corrected chi connectivity index (χ3v) is 4.26.